The highest BCUT2D eigenvalue weighted by molar-refractivity contribution is 6.17. The molecule has 0 amide bonds. The number of allylic oxidation sites excluding steroid dienone is 1. The van der Waals surface area contributed by atoms with Crippen LogP contribution in [0.5, 0.6) is 11.5 Å². The molecule has 0 atom stereocenters. The molecule has 0 radical (unpaired) electrons. The van der Waals surface area contributed by atoms with Crippen LogP contribution in [0.1, 0.15) is 23.7 Å². The van der Waals surface area contributed by atoms with Crippen molar-refractivity contribution in [3.63, 3.8) is 0 Å². The van der Waals surface area contributed by atoms with Crippen molar-refractivity contribution >= 4 is 22.9 Å². The first-order valence-corrected chi connectivity index (χ1v) is 11.0. The zero-order chi connectivity index (χ0) is 23.7. The molecule has 1 aliphatic rings. The number of anilines is 1. The summed E-state index contributed by atoms with van der Waals surface area (Å²) in [4.78, 5) is 4.97. The third-order valence-corrected chi connectivity index (χ3v) is 6.02. The Morgan fingerprint density at radius 2 is 1.74 bits per heavy atom. The topological polar surface area (TPSA) is 78.5 Å². The normalized spacial score (nSPS) is 13.9. The van der Waals surface area contributed by atoms with Gasteiger partial charge >= 0.3 is 0 Å². The number of fused-ring (bicyclic) bond motifs is 1. The van der Waals surface area contributed by atoms with Crippen LogP contribution < -0.4 is 19.8 Å². The number of methoxy groups -OCH3 is 2. The average molecular weight is 453 g/mol. The second-order valence-corrected chi connectivity index (χ2v) is 8.00. The van der Waals surface area contributed by atoms with E-state index in [4.69, 9.17) is 20.2 Å². The molecular formula is C27H26N5O2+. The fourth-order valence-electron chi connectivity index (χ4n) is 4.27. The smallest absolute Gasteiger partial charge is 0.237 e. The Bertz CT molecular complexity index is 1420. The van der Waals surface area contributed by atoms with Crippen LogP contribution in [0.4, 0.5) is 11.5 Å². The van der Waals surface area contributed by atoms with Gasteiger partial charge in [0.2, 0.25) is 11.4 Å². The molecule has 4 aromatic rings. The third kappa shape index (κ3) is 3.71. The zero-order valence-corrected chi connectivity index (χ0v) is 19.4. The molecule has 2 aromatic heterocycles. The Hall–Kier alpha value is -4.39. The molecule has 1 aliphatic heterocycles. The van der Waals surface area contributed by atoms with Crippen LogP contribution in [0.25, 0.3) is 5.70 Å². The van der Waals surface area contributed by atoms with Gasteiger partial charge in [0.1, 0.15) is 28.7 Å². The maximum absolute atomic E-state index is 6.48. The fraction of sp³-hybridized carbons (Fsp3) is 0.148. The second-order valence-electron chi connectivity index (χ2n) is 8.00. The number of nitrogens with two attached hydrogens (primary N) is 1. The summed E-state index contributed by atoms with van der Waals surface area (Å²) in [5, 5.41) is 4.50. The number of aromatic nitrogens is 3. The molecule has 0 aliphatic carbocycles. The summed E-state index contributed by atoms with van der Waals surface area (Å²) >= 11 is 0. The molecule has 0 spiro atoms. The van der Waals surface area contributed by atoms with Crippen LogP contribution in [0, 0.1) is 0 Å². The number of nitrogens with zero attached hydrogens (tertiary/aromatic N) is 4. The first-order valence-electron chi connectivity index (χ1n) is 11.0. The van der Waals surface area contributed by atoms with Crippen molar-refractivity contribution in [2.45, 2.75) is 13.5 Å². The van der Waals surface area contributed by atoms with E-state index in [-0.39, 0.29) is 0 Å². The summed E-state index contributed by atoms with van der Waals surface area (Å²) in [6.07, 6.45) is 3.76. The van der Waals surface area contributed by atoms with E-state index in [2.05, 4.69) is 41.0 Å². The quantitative estimate of drug-likeness (QED) is 0.444. The zero-order valence-electron chi connectivity index (χ0n) is 19.4. The van der Waals surface area contributed by atoms with Gasteiger partial charge in [0, 0.05) is 23.3 Å². The van der Waals surface area contributed by atoms with Crippen molar-refractivity contribution in [2.24, 2.45) is 4.99 Å². The van der Waals surface area contributed by atoms with E-state index in [1.165, 1.54) is 0 Å². The molecule has 5 rings (SSSR count). The van der Waals surface area contributed by atoms with Crippen LogP contribution >= 0.6 is 0 Å². The number of hydrogen-bond acceptors (Lipinski definition) is 5. The predicted molar refractivity (Wildman–Crippen MR) is 133 cm³/mol. The first kappa shape index (κ1) is 21.5. The van der Waals surface area contributed by atoms with Gasteiger partial charge in [-0.15, -0.1) is 0 Å². The summed E-state index contributed by atoms with van der Waals surface area (Å²) in [7, 11) is 3.33. The molecule has 7 nitrogen and oxygen atoms in total. The number of rotatable bonds is 6. The van der Waals surface area contributed by atoms with Gasteiger partial charge in [0.25, 0.3) is 0 Å². The second kappa shape index (κ2) is 8.86. The van der Waals surface area contributed by atoms with Crippen molar-refractivity contribution in [1.29, 1.82) is 0 Å². The van der Waals surface area contributed by atoms with Gasteiger partial charge < -0.3 is 15.2 Å². The lowest BCUT2D eigenvalue weighted by molar-refractivity contribution is -0.577. The summed E-state index contributed by atoms with van der Waals surface area (Å²) in [5.41, 5.74) is 13.2. The molecule has 34 heavy (non-hydrogen) atoms. The largest absolute Gasteiger partial charge is 0.497 e. The Kier molecular flexibility index (Phi) is 5.59. The third-order valence-electron chi connectivity index (χ3n) is 6.02. The SMILES string of the molecule is COc1ccc(C2=C(C)C(=Nc3cnn(Cc4ccccc4OC)c3N)c3cccc[n+]32)cc1. The van der Waals surface area contributed by atoms with Gasteiger partial charge in [-0.1, -0.05) is 18.2 Å². The molecule has 2 N–H and O–H groups in total. The summed E-state index contributed by atoms with van der Waals surface area (Å²) < 4.78 is 14.7. The van der Waals surface area contributed by atoms with Crippen LogP contribution in [-0.2, 0) is 6.54 Å². The molecule has 0 unspecified atom stereocenters. The molecule has 170 valence electrons. The molecule has 0 saturated carbocycles. The first-order chi connectivity index (χ1) is 16.6. The Labute approximate surface area is 198 Å². The van der Waals surface area contributed by atoms with E-state index < -0.39 is 0 Å². The molecule has 0 fully saturated rings. The Morgan fingerprint density at radius 1 is 0.971 bits per heavy atom. The van der Waals surface area contributed by atoms with E-state index in [1.54, 1.807) is 25.1 Å². The Morgan fingerprint density at radius 3 is 2.50 bits per heavy atom. The van der Waals surface area contributed by atoms with E-state index in [1.807, 2.05) is 48.5 Å². The number of ether oxygens (including phenoxy) is 2. The van der Waals surface area contributed by atoms with E-state index >= 15 is 0 Å². The van der Waals surface area contributed by atoms with E-state index in [9.17, 15) is 0 Å². The molecule has 7 heteroatoms. The summed E-state index contributed by atoms with van der Waals surface area (Å²) in [6, 6.07) is 22.0. The summed E-state index contributed by atoms with van der Waals surface area (Å²) in [5.74, 6) is 2.13. The van der Waals surface area contributed by atoms with Crippen LogP contribution in [-0.4, -0.2) is 29.7 Å². The minimum Gasteiger partial charge on any atom is -0.497 e. The molecule has 0 bridgehead atoms. The van der Waals surface area contributed by atoms with Gasteiger partial charge in [-0.3, -0.25) is 0 Å². The van der Waals surface area contributed by atoms with Crippen LogP contribution in [0.2, 0.25) is 0 Å². The number of aliphatic imine (C=N–C) groups is 1. The van der Waals surface area contributed by atoms with Crippen LogP contribution in [0.3, 0.4) is 0 Å². The van der Waals surface area contributed by atoms with Crippen molar-refractivity contribution < 1.29 is 14.0 Å². The molecule has 0 saturated heterocycles. The monoisotopic (exact) mass is 452 g/mol. The molecule has 3 heterocycles. The van der Waals surface area contributed by atoms with E-state index in [0.29, 0.717) is 18.1 Å². The number of para-hydroxylation sites is 1. The van der Waals surface area contributed by atoms with Crippen molar-refractivity contribution in [1.82, 2.24) is 9.78 Å². The lowest BCUT2D eigenvalue weighted by Gasteiger charge is -2.09. The van der Waals surface area contributed by atoms with Gasteiger partial charge in [-0.25, -0.2) is 9.67 Å². The number of pyridine rings is 1. The Balaban J connectivity index is 1.55. The highest BCUT2D eigenvalue weighted by Crippen LogP contribution is 2.31. The lowest BCUT2D eigenvalue weighted by atomic mass is 10.1. The minimum atomic E-state index is 0.498. The minimum absolute atomic E-state index is 0.498. The standard InChI is InChI=1S/C27H25N5O2/c1-18-25(23-9-6-7-15-31(23)26(18)19-11-13-21(33-2)14-12-19)30-22-16-29-32(27(22)28)17-20-8-4-5-10-24(20)34-3/h4-16,28H,17H2,1-3H3/p+1. The van der Waals surface area contributed by atoms with Crippen LogP contribution in [0.15, 0.2) is 89.7 Å². The van der Waals surface area contributed by atoms with Crippen molar-refractivity contribution in [3.8, 4) is 11.5 Å². The predicted octanol–water partition coefficient (Wildman–Crippen LogP) is 4.23. The average Bonchev–Trinajstić information content (AvgIpc) is 3.36. The lowest BCUT2D eigenvalue weighted by Crippen LogP contribution is -2.34. The highest BCUT2D eigenvalue weighted by Gasteiger charge is 2.34. The highest BCUT2D eigenvalue weighted by atomic mass is 16.5. The van der Waals surface area contributed by atoms with Gasteiger partial charge in [-0.05, 0) is 43.3 Å². The molecule has 2 aromatic carbocycles. The molecular weight excluding hydrogens is 426 g/mol. The van der Waals surface area contributed by atoms with E-state index in [0.717, 1.165) is 45.3 Å². The maximum Gasteiger partial charge on any atom is 0.237 e. The van der Waals surface area contributed by atoms with Gasteiger partial charge in [0.15, 0.2) is 6.20 Å². The van der Waals surface area contributed by atoms with Crippen molar-refractivity contribution in [2.75, 3.05) is 20.0 Å². The number of benzene rings is 2. The van der Waals surface area contributed by atoms with Gasteiger partial charge in [-0.2, -0.15) is 9.67 Å². The number of hydrogen-bond donors (Lipinski definition) is 1. The maximum atomic E-state index is 6.48. The summed E-state index contributed by atoms with van der Waals surface area (Å²) in [6.45, 7) is 2.58. The van der Waals surface area contributed by atoms with Crippen molar-refractivity contribution in [3.05, 3.63) is 102 Å². The van der Waals surface area contributed by atoms with Gasteiger partial charge in [0.05, 0.1) is 32.5 Å². The fourth-order valence-corrected chi connectivity index (χ4v) is 4.27. The number of nitrogen functional groups attached to an aromatic ring is 1.